The number of ether oxygens (including phenoxy) is 2. The Labute approximate surface area is 268 Å². The van der Waals surface area contributed by atoms with E-state index in [1.54, 1.807) is 7.11 Å². The fourth-order valence-corrected chi connectivity index (χ4v) is 6.08. The zero-order valence-corrected chi connectivity index (χ0v) is 25.8. The first-order chi connectivity index (χ1) is 21.9. The number of para-hydroxylation sites is 1. The molecule has 1 unspecified atom stereocenters. The third-order valence-corrected chi connectivity index (χ3v) is 8.35. The van der Waals surface area contributed by atoms with E-state index in [2.05, 4.69) is 16.0 Å². The summed E-state index contributed by atoms with van der Waals surface area (Å²) in [4.78, 5) is 25.9. The average Bonchev–Trinajstić information content (AvgIpc) is 3.06. The molecule has 0 aliphatic carbocycles. The second-order valence-electron chi connectivity index (χ2n) is 11.1. The molecule has 4 atom stereocenters. The summed E-state index contributed by atoms with van der Waals surface area (Å²) < 4.78 is 12.3. The van der Waals surface area contributed by atoms with E-state index >= 15 is 0 Å². The normalized spacial score (nSPS) is 17.8. The highest BCUT2D eigenvalue weighted by Crippen LogP contribution is 2.31. The number of amides is 2. The molecule has 234 valence electrons. The lowest BCUT2D eigenvalue weighted by Gasteiger charge is -2.35. The summed E-state index contributed by atoms with van der Waals surface area (Å²) in [6.07, 6.45) is -0.415. The van der Waals surface area contributed by atoms with Gasteiger partial charge in [-0.15, -0.1) is 0 Å². The van der Waals surface area contributed by atoms with Crippen molar-refractivity contribution >= 4 is 29.3 Å². The summed E-state index contributed by atoms with van der Waals surface area (Å²) in [7, 11) is 1.68. The summed E-state index contributed by atoms with van der Waals surface area (Å²) in [5.74, 6) is -0.979. The highest BCUT2D eigenvalue weighted by molar-refractivity contribution is 6.30. The molecule has 5 rings (SSSR count). The number of carbonyl (C=O) groups is 2. The van der Waals surface area contributed by atoms with E-state index in [-0.39, 0.29) is 18.3 Å². The van der Waals surface area contributed by atoms with Gasteiger partial charge in [0.05, 0.1) is 6.10 Å². The Morgan fingerprint density at radius 3 is 2.13 bits per heavy atom. The molecule has 1 saturated heterocycles. The van der Waals surface area contributed by atoms with Crippen molar-refractivity contribution in [1.82, 2.24) is 10.6 Å². The molecule has 0 aromatic heterocycles. The minimum atomic E-state index is -1.27. The first-order valence-electron chi connectivity index (χ1n) is 15.1. The van der Waals surface area contributed by atoms with Gasteiger partial charge in [-0.2, -0.15) is 0 Å². The van der Waals surface area contributed by atoms with Gasteiger partial charge in [0, 0.05) is 36.8 Å². The van der Waals surface area contributed by atoms with Gasteiger partial charge in [-0.05, 0) is 53.3 Å². The van der Waals surface area contributed by atoms with Crippen molar-refractivity contribution in [2.45, 2.75) is 43.1 Å². The number of carbonyl (C=O) groups excluding carboxylic acids is 1. The molecular formula is C36H38ClN3O5. The summed E-state index contributed by atoms with van der Waals surface area (Å²) in [5, 5.41) is 19.4. The quantitative estimate of drug-likeness (QED) is 0.144. The number of benzene rings is 4. The van der Waals surface area contributed by atoms with Crippen LogP contribution in [-0.2, 0) is 20.7 Å². The molecule has 0 radical (unpaired) electrons. The molecule has 0 spiro atoms. The lowest BCUT2D eigenvalue weighted by Crippen LogP contribution is -2.48. The highest BCUT2D eigenvalue weighted by Gasteiger charge is 2.33. The number of morpholine rings is 1. The zero-order valence-electron chi connectivity index (χ0n) is 25.1. The van der Waals surface area contributed by atoms with Gasteiger partial charge in [-0.1, -0.05) is 103 Å². The lowest BCUT2D eigenvalue weighted by atomic mass is 9.84. The average molecular weight is 628 g/mol. The Morgan fingerprint density at radius 2 is 1.51 bits per heavy atom. The van der Waals surface area contributed by atoms with E-state index in [1.165, 1.54) is 0 Å². The number of halogens is 1. The van der Waals surface area contributed by atoms with Crippen molar-refractivity contribution < 1.29 is 24.2 Å². The SMILES string of the molecule is COC(c1ccc(Cl)cc1)[C@@H]1CNC[C@@H](CCc2ccccc2NC(=O)[C@@H](NC(=O)O)C(c2ccccc2)c2ccccc2)O1. The number of hydrogen-bond acceptors (Lipinski definition) is 5. The third kappa shape index (κ3) is 8.49. The fraction of sp³-hybridized carbons (Fsp3) is 0.278. The highest BCUT2D eigenvalue weighted by atomic mass is 35.5. The molecule has 1 fully saturated rings. The molecule has 4 N–H and O–H groups in total. The number of hydrogen-bond donors (Lipinski definition) is 4. The van der Waals surface area contributed by atoms with Crippen molar-refractivity contribution in [2.24, 2.45) is 0 Å². The minimum Gasteiger partial charge on any atom is -0.465 e. The number of carboxylic acid groups (broad SMARTS) is 1. The summed E-state index contributed by atoms with van der Waals surface area (Å²) in [5.41, 5.74) is 4.22. The smallest absolute Gasteiger partial charge is 0.405 e. The number of nitrogens with one attached hydrogen (secondary N) is 3. The van der Waals surface area contributed by atoms with Crippen molar-refractivity contribution in [3.63, 3.8) is 0 Å². The Balaban J connectivity index is 1.30. The summed E-state index contributed by atoms with van der Waals surface area (Å²) >= 11 is 6.08. The van der Waals surface area contributed by atoms with Gasteiger partial charge < -0.3 is 30.5 Å². The molecule has 8 nitrogen and oxygen atoms in total. The molecule has 0 saturated carbocycles. The number of anilines is 1. The molecule has 4 aromatic rings. The van der Waals surface area contributed by atoms with E-state index < -0.39 is 24.0 Å². The predicted octanol–water partition coefficient (Wildman–Crippen LogP) is 6.42. The van der Waals surface area contributed by atoms with Gasteiger partial charge in [0.1, 0.15) is 18.2 Å². The van der Waals surface area contributed by atoms with E-state index in [1.807, 2.05) is 109 Å². The topological polar surface area (TPSA) is 109 Å². The minimum absolute atomic E-state index is 0.0700. The van der Waals surface area contributed by atoms with Gasteiger partial charge in [0.25, 0.3) is 0 Å². The Hall–Kier alpha value is -4.21. The number of methoxy groups -OCH3 is 1. The van der Waals surface area contributed by atoms with Gasteiger partial charge in [0.2, 0.25) is 5.91 Å². The standard InChI is InChI=1S/C36H38ClN3O5/c1-44-34(27-16-19-28(37)20-17-27)31-23-38-22-29(45-31)21-18-24-10-8-9-15-30(24)39-35(41)33(40-36(42)43)32(25-11-4-2-5-12-25)26-13-6-3-7-14-26/h2-17,19-20,29,31-34,38,40H,18,21-23H2,1H3,(H,39,41)(H,42,43)/t29-,31+,33+,34?/m1/s1. The maximum atomic E-state index is 13.9. The van der Waals surface area contributed by atoms with Crippen LogP contribution in [-0.4, -0.2) is 55.6 Å². The molecule has 1 aliphatic rings. The third-order valence-electron chi connectivity index (χ3n) is 8.10. The molecular weight excluding hydrogens is 590 g/mol. The molecule has 4 aromatic carbocycles. The van der Waals surface area contributed by atoms with Crippen molar-refractivity contribution in [2.75, 3.05) is 25.5 Å². The van der Waals surface area contributed by atoms with Gasteiger partial charge in [-0.3, -0.25) is 4.79 Å². The summed E-state index contributed by atoms with van der Waals surface area (Å²) in [6.45, 7) is 1.36. The van der Waals surface area contributed by atoms with Crippen LogP contribution in [0.4, 0.5) is 10.5 Å². The maximum Gasteiger partial charge on any atom is 0.405 e. The van der Waals surface area contributed by atoms with Crippen LogP contribution < -0.4 is 16.0 Å². The van der Waals surface area contributed by atoms with Crippen LogP contribution in [0.15, 0.2) is 109 Å². The van der Waals surface area contributed by atoms with Gasteiger partial charge in [0.15, 0.2) is 0 Å². The molecule has 1 heterocycles. The van der Waals surface area contributed by atoms with Crippen LogP contribution in [0.2, 0.25) is 5.02 Å². The van der Waals surface area contributed by atoms with Crippen LogP contribution in [0, 0.1) is 0 Å². The van der Waals surface area contributed by atoms with Crippen LogP contribution in [0.1, 0.15) is 40.7 Å². The van der Waals surface area contributed by atoms with Crippen LogP contribution in [0.25, 0.3) is 0 Å². The number of rotatable bonds is 12. The summed E-state index contributed by atoms with van der Waals surface area (Å²) in [6, 6.07) is 33.1. The van der Waals surface area contributed by atoms with Gasteiger partial charge >= 0.3 is 6.09 Å². The molecule has 2 amide bonds. The van der Waals surface area contributed by atoms with Crippen molar-refractivity contribution in [3.05, 3.63) is 136 Å². The van der Waals surface area contributed by atoms with E-state index in [4.69, 9.17) is 21.1 Å². The second kappa shape index (κ2) is 15.7. The van der Waals surface area contributed by atoms with Crippen molar-refractivity contribution in [3.8, 4) is 0 Å². The molecule has 1 aliphatic heterocycles. The molecule has 0 bridgehead atoms. The largest absolute Gasteiger partial charge is 0.465 e. The Bertz CT molecular complexity index is 1500. The first kappa shape index (κ1) is 32.2. The van der Waals surface area contributed by atoms with E-state index in [0.29, 0.717) is 36.6 Å². The van der Waals surface area contributed by atoms with Crippen LogP contribution >= 0.6 is 11.6 Å². The molecule has 45 heavy (non-hydrogen) atoms. The van der Waals surface area contributed by atoms with Crippen LogP contribution in [0.3, 0.4) is 0 Å². The van der Waals surface area contributed by atoms with Gasteiger partial charge in [-0.25, -0.2) is 4.79 Å². The van der Waals surface area contributed by atoms with Crippen molar-refractivity contribution in [1.29, 1.82) is 0 Å². The van der Waals surface area contributed by atoms with Crippen LogP contribution in [0.5, 0.6) is 0 Å². The lowest BCUT2D eigenvalue weighted by molar-refractivity contribution is -0.118. The first-order valence-corrected chi connectivity index (χ1v) is 15.4. The maximum absolute atomic E-state index is 13.9. The van der Waals surface area contributed by atoms with E-state index in [0.717, 1.165) is 22.3 Å². The zero-order chi connectivity index (χ0) is 31.6. The Morgan fingerprint density at radius 1 is 0.889 bits per heavy atom. The Kier molecular flexibility index (Phi) is 11.2. The predicted molar refractivity (Wildman–Crippen MR) is 176 cm³/mol. The van der Waals surface area contributed by atoms with E-state index in [9.17, 15) is 14.7 Å². The number of aryl methyl sites for hydroxylation is 1. The fourth-order valence-electron chi connectivity index (χ4n) is 5.95. The second-order valence-corrected chi connectivity index (χ2v) is 11.5. The molecule has 9 heteroatoms. The monoisotopic (exact) mass is 627 g/mol.